The van der Waals surface area contributed by atoms with Gasteiger partial charge in [-0.2, -0.15) is 0 Å². The number of rotatable bonds is 1. The first-order valence-corrected chi connectivity index (χ1v) is 4.38. The fraction of sp³-hybridized carbons (Fsp3) is 0.222. The van der Waals surface area contributed by atoms with Gasteiger partial charge in [0, 0.05) is 11.0 Å². The number of benzene rings is 1. The third-order valence-corrected chi connectivity index (χ3v) is 1.61. The molecule has 1 N–H and O–H groups in total. The lowest BCUT2D eigenvalue weighted by molar-refractivity contribution is 0.0691. The predicted molar refractivity (Wildman–Crippen MR) is 51.9 cm³/mol. The van der Waals surface area contributed by atoms with E-state index in [-0.39, 0.29) is 4.90 Å². The van der Waals surface area contributed by atoms with Gasteiger partial charge in [-0.1, -0.05) is 13.8 Å². The molecule has 0 heterocycles. The van der Waals surface area contributed by atoms with Crippen LogP contribution in [0.2, 0.25) is 0 Å². The fourth-order valence-electron chi connectivity index (χ4n) is 0.701. The lowest BCUT2D eigenvalue weighted by atomic mass is 10.2. The largest absolute Gasteiger partial charge is 0.478 e. The molecule has 14 heavy (non-hydrogen) atoms. The highest BCUT2D eigenvalue weighted by Crippen LogP contribution is 2.17. The number of hydrogen-bond acceptors (Lipinski definition) is 2. The Morgan fingerprint density at radius 2 is 1.79 bits per heavy atom. The van der Waals surface area contributed by atoms with E-state index in [0.717, 1.165) is 6.07 Å². The SMILES string of the molecule is CC.O=C(O)c1cc(S)c(F)cc1F. The number of carboxylic acids is 1. The molecular weight excluding hydrogens is 210 g/mol. The van der Waals surface area contributed by atoms with Crippen LogP contribution < -0.4 is 0 Å². The summed E-state index contributed by atoms with van der Waals surface area (Å²) in [5.41, 5.74) is -0.582. The molecule has 0 saturated carbocycles. The maximum atomic E-state index is 12.6. The Bertz CT molecular complexity index is 340. The van der Waals surface area contributed by atoms with Crippen LogP contribution in [-0.2, 0) is 0 Å². The van der Waals surface area contributed by atoms with Gasteiger partial charge in [0.25, 0.3) is 0 Å². The molecule has 0 spiro atoms. The van der Waals surface area contributed by atoms with Gasteiger partial charge in [0.2, 0.25) is 0 Å². The van der Waals surface area contributed by atoms with E-state index in [9.17, 15) is 13.6 Å². The van der Waals surface area contributed by atoms with E-state index in [2.05, 4.69) is 12.6 Å². The zero-order valence-electron chi connectivity index (χ0n) is 7.71. The van der Waals surface area contributed by atoms with Gasteiger partial charge in [0.15, 0.2) is 0 Å². The van der Waals surface area contributed by atoms with Crippen molar-refractivity contribution >= 4 is 18.6 Å². The number of hydrogen-bond donors (Lipinski definition) is 2. The van der Waals surface area contributed by atoms with Crippen molar-refractivity contribution in [1.82, 2.24) is 0 Å². The summed E-state index contributed by atoms with van der Waals surface area (Å²) in [5, 5.41) is 8.38. The minimum absolute atomic E-state index is 0.186. The standard InChI is InChI=1S/C7H4F2O2S.C2H6/c8-4-2-5(9)6(12)1-3(4)7(10)11;1-2/h1-2,12H,(H,10,11);1-2H3. The second-order valence-electron chi connectivity index (χ2n) is 2.09. The van der Waals surface area contributed by atoms with Crippen LogP contribution in [0.1, 0.15) is 24.2 Å². The van der Waals surface area contributed by atoms with Crippen molar-refractivity contribution in [3.63, 3.8) is 0 Å². The van der Waals surface area contributed by atoms with E-state index in [1.165, 1.54) is 0 Å². The van der Waals surface area contributed by atoms with Crippen LogP contribution in [0.5, 0.6) is 0 Å². The van der Waals surface area contributed by atoms with Crippen molar-refractivity contribution in [1.29, 1.82) is 0 Å². The van der Waals surface area contributed by atoms with Crippen LogP contribution in [0.15, 0.2) is 17.0 Å². The van der Waals surface area contributed by atoms with E-state index in [1.54, 1.807) is 0 Å². The predicted octanol–water partition coefficient (Wildman–Crippen LogP) is 2.98. The molecule has 0 aliphatic heterocycles. The Hall–Kier alpha value is -1.10. The van der Waals surface area contributed by atoms with E-state index in [4.69, 9.17) is 5.11 Å². The summed E-state index contributed by atoms with van der Waals surface area (Å²) in [6.45, 7) is 4.00. The van der Waals surface area contributed by atoms with E-state index < -0.39 is 23.2 Å². The second kappa shape index (κ2) is 5.59. The molecular formula is C9H10F2O2S. The number of aromatic carboxylic acids is 1. The lowest BCUT2D eigenvalue weighted by Crippen LogP contribution is -2.01. The van der Waals surface area contributed by atoms with Crippen LogP contribution in [-0.4, -0.2) is 11.1 Å². The summed E-state index contributed by atoms with van der Waals surface area (Å²) in [5.74, 6) is -3.42. The molecule has 1 aromatic carbocycles. The summed E-state index contributed by atoms with van der Waals surface area (Å²) in [6.07, 6.45) is 0. The monoisotopic (exact) mass is 220 g/mol. The summed E-state index contributed by atoms with van der Waals surface area (Å²) >= 11 is 3.60. The van der Waals surface area contributed by atoms with Gasteiger partial charge >= 0.3 is 5.97 Å². The van der Waals surface area contributed by atoms with Crippen molar-refractivity contribution in [3.05, 3.63) is 29.3 Å². The first kappa shape index (κ1) is 12.9. The van der Waals surface area contributed by atoms with Gasteiger partial charge in [-0.15, -0.1) is 12.6 Å². The second-order valence-corrected chi connectivity index (χ2v) is 2.57. The minimum atomic E-state index is -1.44. The number of carboxylic acid groups (broad SMARTS) is 1. The highest BCUT2D eigenvalue weighted by molar-refractivity contribution is 7.80. The van der Waals surface area contributed by atoms with Crippen molar-refractivity contribution in [3.8, 4) is 0 Å². The zero-order valence-corrected chi connectivity index (χ0v) is 8.61. The van der Waals surface area contributed by atoms with E-state index in [1.807, 2.05) is 13.8 Å². The zero-order chi connectivity index (χ0) is 11.3. The Labute approximate surface area is 86.0 Å². The third kappa shape index (κ3) is 2.99. The molecule has 0 bridgehead atoms. The molecule has 0 amide bonds. The van der Waals surface area contributed by atoms with Gasteiger partial charge in [0.05, 0.1) is 5.56 Å². The molecule has 78 valence electrons. The first-order chi connectivity index (χ1) is 6.52. The quantitative estimate of drug-likeness (QED) is 0.714. The van der Waals surface area contributed by atoms with Crippen molar-refractivity contribution in [2.75, 3.05) is 0 Å². The smallest absolute Gasteiger partial charge is 0.338 e. The summed E-state index contributed by atoms with van der Waals surface area (Å²) in [6, 6.07) is 1.32. The molecule has 0 atom stereocenters. The highest BCUT2D eigenvalue weighted by atomic mass is 32.1. The normalized spacial score (nSPS) is 8.93. The van der Waals surface area contributed by atoms with Gasteiger partial charge < -0.3 is 5.11 Å². The maximum absolute atomic E-state index is 12.6. The highest BCUT2D eigenvalue weighted by Gasteiger charge is 2.12. The molecule has 5 heteroatoms. The molecule has 0 aromatic heterocycles. The lowest BCUT2D eigenvalue weighted by Gasteiger charge is -1.99. The van der Waals surface area contributed by atoms with Crippen LogP contribution in [0.25, 0.3) is 0 Å². The van der Waals surface area contributed by atoms with Gasteiger partial charge in [0.1, 0.15) is 11.6 Å². The Balaban J connectivity index is 0.000000791. The average molecular weight is 220 g/mol. The molecule has 0 saturated heterocycles. The van der Waals surface area contributed by atoms with Gasteiger partial charge in [-0.25, -0.2) is 13.6 Å². The molecule has 0 aliphatic rings. The fourth-order valence-corrected chi connectivity index (χ4v) is 0.895. The molecule has 0 fully saturated rings. The van der Waals surface area contributed by atoms with Gasteiger partial charge in [-0.05, 0) is 6.07 Å². The Morgan fingerprint density at radius 3 is 2.21 bits per heavy atom. The molecule has 0 unspecified atom stereocenters. The third-order valence-electron chi connectivity index (χ3n) is 1.27. The molecule has 0 aliphatic carbocycles. The number of halogens is 2. The minimum Gasteiger partial charge on any atom is -0.478 e. The van der Waals surface area contributed by atoms with Crippen molar-refractivity contribution in [2.45, 2.75) is 18.7 Å². The molecule has 1 aromatic rings. The first-order valence-electron chi connectivity index (χ1n) is 3.93. The van der Waals surface area contributed by atoms with Crippen molar-refractivity contribution in [2.24, 2.45) is 0 Å². The van der Waals surface area contributed by atoms with E-state index >= 15 is 0 Å². The molecule has 2 nitrogen and oxygen atoms in total. The van der Waals surface area contributed by atoms with E-state index in [0.29, 0.717) is 6.07 Å². The Kier molecular flexibility index (Phi) is 5.15. The van der Waals surface area contributed by atoms with Gasteiger partial charge in [-0.3, -0.25) is 0 Å². The summed E-state index contributed by atoms with van der Waals surface area (Å²) < 4.78 is 25.1. The number of carbonyl (C=O) groups is 1. The number of thiol groups is 1. The van der Waals surface area contributed by atoms with Crippen molar-refractivity contribution < 1.29 is 18.7 Å². The topological polar surface area (TPSA) is 37.3 Å². The molecule has 0 radical (unpaired) electrons. The summed E-state index contributed by atoms with van der Waals surface area (Å²) in [7, 11) is 0. The average Bonchev–Trinajstić information content (AvgIpc) is 2.14. The van der Waals surface area contributed by atoms with Crippen LogP contribution >= 0.6 is 12.6 Å². The van der Waals surface area contributed by atoms with Crippen LogP contribution in [0, 0.1) is 11.6 Å². The van der Waals surface area contributed by atoms with Crippen LogP contribution in [0.3, 0.4) is 0 Å². The summed E-state index contributed by atoms with van der Waals surface area (Å²) in [4.78, 5) is 10.1. The van der Waals surface area contributed by atoms with Crippen LogP contribution in [0.4, 0.5) is 8.78 Å². The molecule has 1 rings (SSSR count). The maximum Gasteiger partial charge on any atom is 0.338 e. The Morgan fingerprint density at radius 1 is 1.29 bits per heavy atom.